The SMILES string of the molecule is O=C(O)C(=O)c1c(C(=O)O)c(C(=O)C(=O)O)c(C(=O)C(=O)O)c(C(=O)C(=O)O)c1C(=O)C(=O)O. The second kappa shape index (κ2) is 9.26. The zero-order chi connectivity index (χ0) is 26.8. The highest BCUT2D eigenvalue weighted by molar-refractivity contribution is 6.56. The lowest BCUT2D eigenvalue weighted by atomic mass is 9.79. The Labute approximate surface area is 182 Å². The number of rotatable bonds is 11. The summed E-state index contributed by atoms with van der Waals surface area (Å²) in [7, 11) is 0. The van der Waals surface area contributed by atoms with E-state index < -0.39 is 98.1 Å². The molecule has 0 atom stereocenters. The Hall–Kier alpha value is -5.61. The van der Waals surface area contributed by atoms with Crippen molar-refractivity contribution in [2.75, 3.05) is 0 Å². The van der Waals surface area contributed by atoms with Crippen LogP contribution in [0, 0.1) is 0 Å². The van der Waals surface area contributed by atoms with Gasteiger partial charge in [0.1, 0.15) is 0 Å². The zero-order valence-electron chi connectivity index (χ0n) is 15.7. The molecule has 176 valence electrons. The molecule has 1 rings (SSSR count). The van der Waals surface area contributed by atoms with Crippen LogP contribution in [0.1, 0.15) is 62.1 Å². The van der Waals surface area contributed by atoms with Gasteiger partial charge in [0.25, 0.3) is 28.9 Å². The molecule has 0 radical (unpaired) electrons. The Balaban J connectivity index is 4.94. The van der Waals surface area contributed by atoms with Gasteiger partial charge in [-0.3, -0.25) is 24.0 Å². The number of aromatic carboxylic acids is 1. The molecule has 0 unspecified atom stereocenters. The van der Waals surface area contributed by atoms with Gasteiger partial charge in [0.2, 0.25) is 0 Å². The van der Waals surface area contributed by atoms with E-state index in [4.69, 9.17) is 25.5 Å². The predicted molar refractivity (Wildman–Crippen MR) is 93.2 cm³/mol. The maximum atomic E-state index is 12.3. The van der Waals surface area contributed by atoms with Crippen LogP contribution in [-0.4, -0.2) is 95.4 Å². The summed E-state index contributed by atoms with van der Waals surface area (Å²) in [4.78, 5) is 129. The van der Waals surface area contributed by atoms with Gasteiger partial charge in [0, 0.05) is 0 Å². The fraction of sp³-hybridized carbons (Fsp3) is 0. The van der Waals surface area contributed by atoms with Crippen molar-refractivity contribution in [2.24, 2.45) is 0 Å². The lowest BCUT2D eigenvalue weighted by Crippen LogP contribution is -2.35. The molecular formula is C17H6O17. The normalized spacial score (nSPS) is 10.0. The van der Waals surface area contributed by atoms with Crippen molar-refractivity contribution in [1.29, 1.82) is 0 Å². The summed E-state index contributed by atoms with van der Waals surface area (Å²) in [5.74, 6) is -29.0. The van der Waals surface area contributed by atoms with Crippen LogP contribution in [0.2, 0.25) is 0 Å². The highest BCUT2D eigenvalue weighted by Gasteiger charge is 2.45. The first-order chi connectivity index (χ1) is 15.5. The standard InChI is InChI=1S/C17H6O17/c18-7(13(25)26)1-2(8(19)14(27)28)4(10(21)16(31)32)6(12(23)24)5(11(22)17(33)34)3(1)9(20)15(29)30/h(H,23,24)(H,25,26)(H,27,28)(H,29,30)(H,31,32)(H,33,34). The molecule has 0 aliphatic rings. The summed E-state index contributed by atoms with van der Waals surface area (Å²) in [6.07, 6.45) is 0. The Morgan fingerprint density at radius 2 is 0.441 bits per heavy atom. The summed E-state index contributed by atoms with van der Waals surface area (Å²) in [6.45, 7) is 0. The third-order valence-corrected chi connectivity index (χ3v) is 3.82. The Morgan fingerprint density at radius 1 is 0.294 bits per heavy atom. The van der Waals surface area contributed by atoms with Crippen molar-refractivity contribution < 1.29 is 83.4 Å². The first-order valence-corrected chi connectivity index (χ1v) is 7.84. The van der Waals surface area contributed by atoms with Crippen LogP contribution >= 0.6 is 0 Å². The van der Waals surface area contributed by atoms with E-state index in [0.717, 1.165) is 0 Å². The minimum absolute atomic E-state index is 2.16. The predicted octanol–water partition coefficient (Wildman–Crippen LogP) is -2.28. The molecule has 17 heteroatoms. The molecule has 0 spiro atoms. The van der Waals surface area contributed by atoms with Gasteiger partial charge in [0.15, 0.2) is 0 Å². The minimum Gasteiger partial charge on any atom is -0.478 e. The number of hydrogen-bond donors (Lipinski definition) is 6. The van der Waals surface area contributed by atoms with Crippen LogP contribution in [0.5, 0.6) is 0 Å². The van der Waals surface area contributed by atoms with Crippen molar-refractivity contribution in [1.82, 2.24) is 0 Å². The van der Waals surface area contributed by atoms with Crippen LogP contribution in [0.25, 0.3) is 0 Å². The monoisotopic (exact) mass is 482 g/mol. The minimum atomic E-state index is -2.70. The van der Waals surface area contributed by atoms with Crippen molar-refractivity contribution in [3.05, 3.63) is 33.4 Å². The smallest absolute Gasteiger partial charge is 0.377 e. The van der Waals surface area contributed by atoms with E-state index in [9.17, 15) is 57.8 Å². The molecule has 0 amide bonds. The van der Waals surface area contributed by atoms with Crippen molar-refractivity contribution in [2.45, 2.75) is 0 Å². The highest BCUT2D eigenvalue weighted by atomic mass is 16.4. The number of carbonyl (C=O) groups is 11. The molecule has 0 aliphatic carbocycles. The number of carbonyl (C=O) groups excluding carboxylic acids is 5. The average molecular weight is 482 g/mol. The zero-order valence-corrected chi connectivity index (χ0v) is 15.7. The van der Waals surface area contributed by atoms with E-state index in [1.54, 1.807) is 0 Å². The molecule has 0 bridgehead atoms. The van der Waals surface area contributed by atoms with Gasteiger partial charge in [-0.05, 0) is 0 Å². The quantitative estimate of drug-likeness (QED) is 0.143. The molecule has 0 aliphatic heterocycles. The van der Waals surface area contributed by atoms with E-state index in [-0.39, 0.29) is 0 Å². The van der Waals surface area contributed by atoms with Gasteiger partial charge < -0.3 is 30.6 Å². The maximum Gasteiger partial charge on any atom is 0.377 e. The number of benzene rings is 1. The maximum absolute atomic E-state index is 12.3. The van der Waals surface area contributed by atoms with E-state index in [0.29, 0.717) is 0 Å². The van der Waals surface area contributed by atoms with E-state index >= 15 is 0 Å². The lowest BCUT2D eigenvalue weighted by molar-refractivity contribution is -0.133. The molecule has 6 N–H and O–H groups in total. The van der Waals surface area contributed by atoms with Crippen LogP contribution in [0.3, 0.4) is 0 Å². The molecule has 0 aromatic heterocycles. The van der Waals surface area contributed by atoms with Gasteiger partial charge in [-0.2, -0.15) is 0 Å². The molecule has 0 fully saturated rings. The number of hydrogen-bond acceptors (Lipinski definition) is 11. The first-order valence-electron chi connectivity index (χ1n) is 7.84. The largest absolute Gasteiger partial charge is 0.478 e. The Morgan fingerprint density at radius 3 is 0.559 bits per heavy atom. The molecule has 0 saturated heterocycles. The summed E-state index contributed by atoms with van der Waals surface area (Å²) in [6, 6.07) is 0. The summed E-state index contributed by atoms with van der Waals surface area (Å²) >= 11 is 0. The van der Waals surface area contributed by atoms with Gasteiger partial charge in [0.05, 0.1) is 33.4 Å². The van der Waals surface area contributed by atoms with Gasteiger partial charge in [-0.25, -0.2) is 28.8 Å². The fourth-order valence-corrected chi connectivity index (χ4v) is 2.63. The van der Waals surface area contributed by atoms with Crippen molar-refractivity contribution in [3.63, 3.8) is 0 Å². The first kappa shape index (κ1) is 26.4. The Kier molecular flexibility index (Phi) is 7.20. The third-order valence-electron chi connectivity index (χ3n) is 3.82. The second-order valence-corrected chi connectivity index (χ2v) is 5.73. The number of carboxylic acids is 6. The van der Waals surface area contributed by atoms with Crippen molar-refractivity contribution in [3.8, 4) is 0 Å². The molecule has 0 saturated carbocycles. The van der Waals surface area contributed by atoms with Crippen LogP contribution in [0.4, 0.5) is 0 Å². The second-order valence-electron chi connectivity index (χ2n) is 5.73. The van der Waals surface area contributed by atoms with Crippen molar-refractivity contribution >= 4 is 64.7 Å². The summed E-state index contributed by atoms with van der Waals surface area (Å²) in [5, 5.41) is 54.3. The molecule has 34 heavy (non-hydrogen) atoms. The summed E-state index contributed by atoms with van der Waals surface area (Å²) < 4.78 is 0. The van der Waals surface area contributed by atoms with E-state index in [1.165, 1.54) is 0 Å². The van der Waals surface area contributed by atoms with Crippen LogP contribution in [0.15, 0.2) is 0 Å². The van der Waals surface area contributed by atoms with Gasteiger partial charge >= 0.3 is 35.8 Å². The van der Waals surface area contributed by atoms with Gasteiger partial charge in [-0.1, -0.05) is 0 Å². The molecule has 1 aromatic carbocycles. The number of carboxylic acid groups (broad SMARTS) is 6. The summed E-state index contributed by atoms with van der Waals surface area (Å²) in [5.41, 5.74) is -13.1. The van der Waals surface area contributed by atoms with Crippen LogP contribution < -0.4 is 0 Å². The van der Waals surface area contributed by atoms with E-state index in [1.807, 2.05) is 0 Å². The molecule has 1 aromatic rings. The topological polar surface area (TPSA) is 309 Å². The fourth-order valence-electron chi connectivity index (χ4n) is 2.63. The number of aliphatic carboxylic acids is 5. The number of ketones is 5. The lowest BCUT2D eigenvalue weighted by Gasteiger charge is -2.19. The third kappa shape index (κ3) is 4.37. The number of Topliss-reactive ketones (excluding diaryl/α,β-unsaturated/α-hetero) is 5. The Bertz CT molecular complexity index is 1210. The molecule has 17 nitrogen and oxygen atoms in total. The van der Waals surface area contributed by atoms with E-state index in [2.05, 4.69) is 0 Å². The van der Waals surface area contributed by atoms with Crippen LogP contribution in [-0.2, 0) is 24.0 Å². The highest BCUT2D eigenvalue weighted by Crippen LogP contribution is 2.32. The average Bonchev–Trinajstić information content (AvgIpc) is 2.73. The molecular weight excluding hydrogens is 476 g/mol. The van der Waals surface area contributed by atoms with Gasteiger partial charge in [-0.15, -0.1) is 0 Å². The molecule has 0 heterocycles.